The van der Waals surface area contributed by atoms with Crippen molar-refractivity contribution in [3.63, 3.8) is 0 Å². The van der Waals surface area contributed by atoms with Gasteiger partial charge in [0.1, 0.15) is 6.20 Å². The van der Waals surface area contributed by atoms with Gasteiger partial charge >= 0.3 is 5.97 Å². The Morgan fingerprint density at radius 3 is 3.12 bits per heavy atom. The van der Waals surface area contributed by atoms with Gasteiger partial charge in [0.15, 0.2) is 0 Å². The second-order valence-electron chi connectivity index (χ2n) is 3.78. The van der Waals surface area contributed by atoms with E-state index in [9.17, 15) is 9.59 Å². The molecule has 1 fully saturated rings. The second kappa shape index (κ2) is 4.30. The smallest absolute Gasteiger partial charge is 0.308 e. The molecule has 86 valence electrons. The molecule has 16 heavy (non-hydrogen) atoms. The minimum Gasteiger partial charge on any atom is -0.481 e. The molecule has 1 aliphatic heterocycles. The number of H-pyrrole nitrogens is 1. The number of carboxylic acid groups (broad SMARTS) is 1. The average Bonchev–Trinajstić information content (AvgIpc) is 2.29. The summed E-state index contributed by atoms with van der Waals surface area (Å²) in [4.78, 5) is 26.2. The summed E-state index contributed by atoms with van der Waals surface area (Å²) in [6, 6.07) is 0. The van der Waals surface area contributed by atoms with Crippen molar-refractivity contribution in [2.45, 2.75) is 12.8 Å². The predicted molar refractivity (Wildman–Crippen MR) is 55.2 cm³/mol. The molecule has 0 bridgehead atoms. The van der Waals surface area contributed by atoms with E-state index in [1.807, 2.05) is 0 Å². The lowest BCUT2D eigenvalue weighted by Gasteiger charge is -2.30. The first-order valence-corrected chi connectivity index (χ1v) is 5.06. The summed E-state index contributed by atoms with van der Waals surface area (Å²) in [7, 11) is 0. The highest BCUT2D eigenvalue weighted by Crippen LogP contribution is 2.19. The third kappa shape index (κ3) is 2.18. The number of aliphatic carboxylic acids is 1. The van der Waals surface area contributed by atoms with E-state index in [1.54, 1.807) is 4.90 Å². The van der Waals surface area contributed by atoms with Gasteiger partial charge in [-0.05, 0) is 12.8 Å². The van der Waals surface area contributed by atoms with E-state index in [-0.39, 0.29) is 5.56 Å². The minimum absolute atomic E-state index is 0.331. The molecule has 7 heteroatoms. The number of piperidine rings is 1. The van der Waals surface area contributed by atoms with Gasteiger partial charge in [-0.25, -0.2) is 0 Å². The maximum atomic E-state index is 11.0. The molecule has 1 aliphatic rings. The summed E-state index contributed by atoms with van der Waals surface area (Å²) in [5.41, 5.74) is -0.331. The largest absolute Gasteiger partial charge is 0.481 e. The molecule has 2 N–H and O–H groups in total. The standard InChI is InChI=1S/C9H12N4O3/c14-7-4-10-12-9(11-7)13-3-1-2-6(5-13)8(15)16/h4,6H,1-3,5H2,(H,15,16)(H,11,12,14)/t6-/m0/s1. The highest BCUT2D eigenvalue weighted by atomic mass is 16.4. The zero-order valence-electron chi connectivity index (χ0n) is 8.59. The van der Waals surface area contributed by atoms with Crippen molar-refractivity contribution in [2.24, 2.45) is 5.92 Å². The van der Waals surface area contributed by atoms with Crippen molar-refractivity contribution in [2.75, 3.05) is 18.0 Å². The molecular weight excluding hydrogens is 212 g/mol. The van der Waals surface area contributed by atoms with E-state index in [4.69, 9.17) is 5.11 Å². The van der Waals surface area contributed by atoms with Gasteiger partial charge < -0.3 is 10.0 Å². The second-order valence-corrected chi connectivity index (χ2v) is 3.78. The Morgan fingerprint density at radius 1 is 1.62 bits per heavy atom. The fourth-order valence-electron chi connectivity index (χ4n) is 1.82. The number of nitrogens with one attached hydrogen (secondary N) is 1. The van der Waals surface area contributed by atoms with Gasteiger partial charge in [0.25, 0.3) is 5.56 Å². The van der Waals surface area contributed by atoms with Gasteiger partial charge in [0.05, 0.1) is 5.92 Å². The molecule has 0 aliphatic carbocycles. The highest BCUT2D eigenvalue weighted by molar-refractivity contribution is 5.71. The molecule has 1 saturated heterocycles. The van der Waals surface area contributed by atoms with E-state index in [0.29, 0.717) is 25.5 Å². The first kappa shape index (κ1) is 10.6. The van der Waals surface area contributed by atoms with Crippen LogP contribution in [-0.2, 0) is 4.79 Å². The summed E-state index contributed by atoms with van der Waals surface area (Å²) >= 11 is 0. The van der Waals surface area contributed by atoms with Gasteiger partial charge in [0.2, 0.25) is 5.95 Å². The van der Waals surface area contributed by atoms with E-state index in [1.165, 1.54) is 0 Å². The van der Waals surface area contributed by atoms with Crippen LogP contribution in [0.25, 0.3) is 0 Å². The van der Waals surface area contributed by atoms with Crippen LogP contribution in [0.4, 0.5) is 5.95 Å². The van der Waals surface area contributed by atoms with Crippen LogP contribution in [0.1, 0.15) is 12.8 Å². The lowest BCUT2D eigenvalue weighted by Crippen LogP contribution is -2.40. The number of carbonyl (C=O) groups is 1. The van der Waals surface area contributed by atoms with Crippen molar-refractivity contribution in [1.29, 1.82) is 0 Å². The van der Waals surface area contributed by atoms with Crippen molar-refractivity contribution in [3.8, 4) is 0 Å². The van der Waals surface area contributed by atoms with Crippen molar-refractivity contribution in [1.82, 2.24) is 15.2 Å². The molecule has 7 nitrogen and oxygen atoms in total. The molecule has 2 rings (SSSR count). The van der Waals surface area contributed by atoms with Crippen LogP contribution in [0.2, 0.25) is 0 Å². The average molecular weight is 224 g/mol. The minimum atomic E-state index is -0.809. The topological polar surface area (TPSA) is 99.2 Å². The van der Waals surface area contributed by atoms with Crippen molar-refractivity contribution < 1.29 is 9.90 Å². The zero-order chi connectivity index (χ0) is 11.5. The fraction of sp³-hybridized carbons (Fsp3) is 0.556. The molecule has 1 aromatic heterocycles. The van der Waals surface area contributed by atoms with Crippen LogP contribution >= 0.6 is 0 Å². The highest BCUT2D eigenvalue weighted by Gasteiger charge is 2.26. The zero-order valence-corrected chi connectivity index (χ0v) is 8.59. The maximum absolute atomic E-state index is 11.0. The molecule has 0 amide bonds. The molecule has 1 aromatic rings. The Hall–Kier alpha value is -1.92. The number of anilines is 1. The Kier molecular flexibility index (Phi) is 2.84. The molecule has 0 spiro atoms. The van der Waals surface area contributed by atoms with Gasteiger partial charge in [-0.2, -0.15) is 0 Å². The monoisotopic (exact) mass is 224 g/mol. The van der Waals surface area contributed by atoms with Gasteiger partial charge in [0, 0.05) is 13.1 Å². The molecule has 0 saturated carbocycles. The number of hydrogen-bond donors (Lipinski definition) is 2. The van der Waals surface area contributed by atoms with Gasteiger partial charge in [-0.3, -0.25) is 14.6 Å². The normalized spacial score (nSPS) is 20.8. The third-order valence-corrected chi connectivity index (χ3v) is 2.63. The van der Waals surface area contributed by atoms with E-state index >= 15 is 0 Å². The Balaban J connectivity index is 2.15. The summed E-state index contributed by atoms with van der Waals surface area (Å²) in [6.45, 7) is 1.06. The molecule has 0 unspecified atom stereocenters. The van der Waals surface area contributed by atoms with Gasteiger partial charge in [-0.1, -0.05) is 0 Å². The number of rotatable bonds is 2. The number of nitrogens with zero attached hydrogens (tertiary/aromatic N) is 3. The number of carboxylic acids is 1. The van der Waals surface area contributed by atoms with Crippen molar-refractivity contribution >= 4 is 11.9 Å². The van der Waals surface area contributed by atoms with Crippen LogP contribution in [0, 0.1) is 5.92 Å². The molecular formula is C9H12N4O3. The molecule has 0 radical (unpaired) electrons. The third-order valence-electron chi connectivity index (χ3n) is 2.63. The summed E-state index contributed by atoms with van der Waals surface area (Å²) in [6.07, 6.45) is 2.52. The van der Waals surface area contributed by atoms with E-state index in [0.717, 1.165) is 12.6 Å². The summed E-state index contributed by atoms with van der Waals surface area (Å²) in [5.74, 6) is -0.867. The lowest BCUT2D eigenvalue weighted by molar-refractivity contribution is -0.141. The Morgan fingerprint density at radius 2 is 2.44 bits per heavy atom. The fourth-order valence-corrected chi connectivity index (χ4v) is 1.82. The molecule has 0 aromatic carbocycles. The van der Waals surface area contributed by atoms with Crippen LogP contribution in [0.15, 0.2) is 11.0 Å². The number of aromatic amines is 1. The van der Waals surface area contributed by atoms with Crippen LogP contribution < -0.4 is 10.5 Å². The number of hydrogen-bond acceptors (Lipinski definition) is 5. The predicted octanol–water partition coefficient (Wildman–Crippen LogP) is -0.534. The summed E-state index contributed by atoms with van der Waals surface area (Å²) in [5, 5.41) is 16.3. The molecule has 1 atom stereocenters. The maximum Gasteiger partial charge on any atom is 0.308 e. The van der Waals surface area contributed by atoms with Crippen molar-refractivity contribution in [3.05, 3.63) is 16.6 Å². The van der Waals surface area contributed by atoms with Crippen LogP contribution in [0.5, 0.6) is 0 Å². The van der Waals surface area contributed by atoms with Crippen LogP contribution in [-0.4, -0.2) is 39.3 Å². The molecule has 2 heterocycles. The lowest BCUT2D eigenvalue weighted by atomic mass is 9.99. The first-order chi connectivity index (χ1) is 7.66. The quantitative estimate of drug-likeness (QED) is 0.700. The van der Waals surface area contributed by atoms with Crippen LogP contribution in [0.3, 0.4) is 0 Å². The summed E-state index contributed by atoms with van der Waals surface area (Å²) < 4.78 is 0. The SMILES string of the molecule is O=C(O)[C@H]1CCCN(c2nncc(=O)[nH]2)C1. The number of aromatic nitrogens is 3. The Bertz CT molecular complexity index is 444. The van der Waals surface area contributed by atoms with E-state index in [2.05, 4.69) is 15.2 Å². The van der Waals surface area contributed by atoms with E-state index < -0.39 is 11.9 Å². The van der Waals surface area contributed by atoms with Gasteiger partial charge in [-0.15, -0.1) is 10.2 Å². The first-order valence-electron chi connectivity index (χ1n) is 5.06. The Labute approximate surface area is 91.1 Å².